The second-order valence-corrected chi connectivity index (χ2v) is 7.44. The zero-order valence-electron chi connectivity index (χ0n) is 17.9. The van der Waals surface area contributed by atoms with Gasteiger partial charge in [-0.3, -0.25) is 4.98 Å². The van der Waals surface area contributed by atoms with Gasteiger partial charge in [0.25, 0.3) is 0 Å². The Bertz CT molecular complexity index is 1500. The summed E-state index contributed by atoms with van der Waals surface area (Å²) in [6.07, 6.45) is 1.05. The maximum Gasteiger partial charge on any atom is 0.412 e. The quantitative estimate of drug-likeness (QED) is 0.412. The van der Waals surface area contributed by atoms with E-state index >= 15 is 8.78 Å². The second kappa shape index (κ2) is 8.47. The van der Waals surface area contributed by atoms with E-state index in [4.69, 9.17) is 4.74 Å². The third-order valence-corrected chi connectivity index (χ3v) is 5.19. The first-order valence-corrected chi connectivity index (χ1v) is 10.5. The van der Waals surface area contributed by atoms with Crippen LogP contribution in [0.5, 0.6) is 5.75 Å². The minimum atomic E-state index is -3.45. The van der Waals surface area contributed by atoms with E-state index in [-0.39, 0.29) is 11.2 Å². The fourth-order valence-corrected chi connectivity index (χ4v) is 3.52. The predicted octanol–water partition coefficient (Wildman–Crippen LogP) is 4.59. The molecule has 3 aromatic heterocycles. The number of hydrogen-bond donors (Lipinski definition) is 1. The maximum atomic E-state index is 15.5. The summed E-state index contributed by atoms with van der Waals surface area (Å²) in [6.45, 7) is 2.23. The summed E-state index contributed by atoms with van der Waals surface area (Å²) in [5.41, 5.74) is 1.65. The van der Waals surface area contributed by atoms with Crippen LogP contribution >= 0.6 is 0 Å². The molecule has 1 N–H and O–H groups in total. The summed E-state index contributed by atoms with van der Waals surface area (Å²) in [4.78, 5) is 15.7. The van der Waals surface area contributed by atoms with E-state index in [1.807, 2.05) is 0 Å². The average molecular weight is 460 g/mol. The molecule has 5 rings (SSSR count). The third kappa shape index (κ3) is 3.90. The molecule has 0 bridgehead atoms. The number of ether oxygens (including phenoxy) is 1. The van der Waals surface area contributed by atoms with Crippen LogP contribution in [-0.2, 0) is 5.92 Å². The number of pyridine rings is 1. The van der Waals surface area contributed by atoms with Crippen molar-refractivity contribution in [2.75, 3.05) is 6.54 Å². The normalized spacial score (nSPS) is 11.6. The molecule has 0 spiro atoms. The van der Waals surface area contributed by atoms with Crippen LogP contribution in [0.4, 0.5) is 13.6 Å². The van der Waals surface area contributed by atoms with Crippen molar-refractivity contribution < 1.29 is 18.3 Å². The average Bonchev–Trinajstić information content (AvgIpc) is 3.28. The molecule has 0 atom stereocenters. The highest BCUT2D eigenvalue weighted by molar-refractivity contribution is 5.79. The van der Waals surface area contributed by atoms with E-state index in [9.17, 15) is 4.79 Å². The molecule has 0 unspecified atom stereocenters. The van der Waals surface area contributed by atoms with E-state index in [0.717, 1.165) is 4.52 Å². The van der Waals surface area contributed by atoms with Crippen molar-refractivity contribution >= 4 is 22.6 Å². The number of carbonyl (C=O) groups is 1. The first-order chi connectivity index (χ1) is 16.5. The molecule has 0 fully saturated rings. The van der Waals surface area contributed by atoms with Crippen molar-refractivity contribution in [2.45, 2.75) is 12.8 Å². The van der Waals surface area contributed by atoms with E-state index in [1.165, 1.54) is 12.1 Å². The van der Waals surface area contributed by atoms with Gasteiger partial charge in [0.15, 0.2) is 5.65 Å². The van der Waals surface area contributed by atoms with Gasteiger partial charge in [-0.2, -0.15) is 18.4 Å². The third-order valence-electron chi connectivity index (χ3n) is 5.19. The van der Waals surface area contributed by atoms with Crippen LogP contribution in [0.3, 0.4) is 0 Å². The van der Waals surface area contributed by atoms with Gasteiger partial charge in [0.05, 0.1) is 11.2 Å². The number of hydrogen-bond acceptors (Lipinski definition) is 6. The zero-order valence-corrected chi connectivity index (χ0v) is 17.9. The van der Waals surface area contributed by atoms with Gasteiger partial charge in [0, 0.05) is 29.3 Å². The van der Waals surface area contributed by atoms with Crippen molar-refractivity contribution in [1.29, 1.82) is 0 Å². The van der Waals surface area contributed by atoms with Gasteiger partial charge in [-0.15, -0.1) is 10.2 Å². The van der Waals surface area contributed by atoms with E-state index in [0.29, 0.717) is 34.5 Å². The molecule has 2 aromatic carbocycles. The van der Waals surface area contributed by atoms with Gasteiger partial charge in [-0.25, -0.2) is 4.79 Å². The number of nitrogens with one attached hydrogen (secondary N) is 1. The first kappa shape index (κ1) is 21.4. The Morgan fingerprint density at radius 1 is 1.06 bits per heavy atom. The predicted molar refractivity (Wildman–Crippen MR) is 121 cm³/mol. The van der Waals surface area contributed by atoms with Crippen molar-refractivity contribution in [3.8, 4) is 17.0 Å². The minimum absolute atomic E-state index is 0.192. The molecule has 0 saturated heterocycles. The standard InChI is InChI=1S/C24H18F2N6O2/c1-2-27-23(33)34-18-8-5-15(6-9-18)20-11-12-21-29-30-22(32(21)31-20)24(25,26)17-7-10-19-16(14-17)4-3-13-28-19/h3-14H,2H2,1H3,(H,27,33). The lowest BCUT2D eigenvalue weighted by molar-refractivity contribution is 0.0307. The highest BCUT2D eigenvalue weighted by Crippen LogP contribution is 2.36. The van der Waals surface area contributed by atoms with Crippen molar-refractivity contribution in [1.82, 2.24) is 30.1 Å². The van der Waals surface area contributed by atoms with Crippen molar-refractivity contribution in [3.63, 3.8) is 0 Å². The van der Waals surface area contributed by atoms with Gasteiger partial charge in [0.2, 0.25) is 5.82 Å². The van der Waals surface area contributed by atoms with Gasteiger partial charge in [-0.05, 0) is 61.5 Å². The van der Waals surface area contributed by atoms with Crippen LogP contribution in [0.1, 0.15) is 18.3 Å². The van der Waals surface area contributed by atoms with Gasteiger partial charge >= 0.3 is 12.0 Å². The van der Waals surface area contributed by atoms with E-state index < -0.39 is 17.8 Å². The Morgan fingerprint density at radius 3 is 2.68 bits per heavy atom. The fraction of sp³-hybridized carbons (Fsp3) is 0.125. The highest BCUT2D eigenvalue weighted by Gasteiger charge is 2.40. The Hall–Kier alpha value is -4.47. The molecule has 34 heavy (non-hydrogen) atoms. The van der Waals surface area contributed by atoms with Gasteiger partial charge < -0.3 is 10.1 Å². The van der Waals surface area contributed by atoms with Crippen LogP contribution in [0.25, 0.3) is 27.8 Å². The molecule has 0 saturated carbocycles. The summed E-state index contributed by atoms with van der Waals surface area (Å²) in [6, 6.07) is 17.5. The Labute approximate surface area is 192 Å². The lowest BCUT2D eigenvalue weighted by Gasteiger charge is -2.15. The summed E-state index contributed by atoms with van der Waals surface area (Å²) < 4.78 is 37.2. The van der Waals surface area contributed by atoms with Crippen molar-refractivity contribution in [3.05, 3.63) is 84.3 Å². The SMILES string of the molecule is CCNC(=O)Oc1ccc(-c2ccc3nnc(C(F)(F)c4ccc5ncccc5c4)n3n2)cc1. The number of aromatic nitrogens is 5. The first-order valence-electron chi connectivity index (χ1n) is 10.5. The summed E-state index contributed by atoms with van der Waals surface area (Å²) in [5.74, 6) is -3.69. The summed E-state index contributed by atoms with van der Waals surface area (Å²) in [7, 11) is 0. The van der Waals surface area contributed by atoms with Crippen molar-refractivity contribution in [2.24, 2.45) is 0 Å². The molecule has 3 heterocycles. The van der Waals surface area contributed by atoms with Crippen LogP contribution in [-0.4, -0.2) is 37.4 Å². The van der Waals surface area contributed by atoms with Crippen LogP contribution in [0.15, 0.2) is 72.9 Å². The molecule has 8 nitrogen and oxygen atoms in total. The van der Waals surface area contributed by atoms with Crippen LogP contribution < -0.4 is 10.1 Å². The Kier molecular flexibility index (Phi) is 5.33. The lowest BCUT2D eigenvalue weighted by atomic mass is 10.0. The number of halogens is 2. The molecule has 0 aliphatic rings. The van der Waals surface area contributed by atoms with Gasteiger partial charge in [0.1, 0.15) is 5.75 Å². The van der Waals surface area contributed by atoms with E-state index in [2.05, 4.69) is 25.6 Å². The molecule has 0 aliphatic carbocycles. The van der Waals surface area contributed by atoms with Crippen LogP contribution in [0, 0.1) is 0 Å². The molecule has 0 aliphatic heterocycles. The molecule has 0 radical (unpaired) electrons. The number of nitrogens with zero attached hydrogens (tertiary/aromatic N) is 5. The minimum Gasteiger partial charge on any atom is -0.410 e. The number of carbonyl (C=O) groups excluding carboxylic acids is 1. The maximum absolute atomic E-state index is 15.5. The fourth-order valence-electron chi connectivity index (χ4n) is 3.52. The number of benzene rings is 2. The summed E-state index contributed by atoms with van der Waals surface area (Å²) >= 11 is 0. The molecular formula is C24H18F2N6O2. The lowest BCUT2D eigenvalue weighted by Crippen LogP contribution is -2.26. The van der Waals surface area contributed by atoms with E-state index in [1.54, 1.807) is 67.7 Å². The Balaban J connectivity index is 1.49. The molecule has 10 heteroatoms. The number of alkyl halides is 2. The highest BCUT2D eigenvalue weighted by atomic mass is 19.3. The second-order valence-electron chi connectivity index (χ2n) is 7.44. The number of fused-ring (bicyclic) bond motifs is 2. The topological polar surface area (TPSA) is 94.3 Å². The van der Waals surface area contributed by atoms with Gasteiger partial charge in [-0.1, -0.05) is 12.1 Å². The summed E-state index contributed by atoms with van der Waals surface area (Å²) in [5, 5.41) is 15.1. The number of rotatable bonds is 5. The van der Waals surface area contributed by atoms with Crippen LogP contribution in [0.2, 0.25) is 0 Å². The molecule has 1 amide bonds. The zero-order chi connectivity index (χ0) is 23.7. The monoisotopic (exact) mass is 460 g/mol. The Morgan fingerprint density at radius 2 is 1.88 bits per heavy atom. The number of amides is 1. The molecular weight excluding hydrogens is 442 g/mol. The largest absolute Gasteiger partial charge is 0.412 e. The molecule has 5 aromatic rings. The molecule has 170 valence electrons. The smallest absolute Gasteiger partial charge is 0.410 e.